The van der Waals surface area contributed by atoms with Crippen molar-refractivity contribution < 1.29 is 4.79 Å². The Hall–Kier alpha value is -1.82. The van der Waals surface area contributed by atoms with Gasteiger partial charge in [-0.1, -0.05) is 37.6 Å². The van der Waals surface area contributed by atoms with Gasteiger partial charge in [-0.25, -0.2) is 0 Å². The molecule has 0 aliphatic rings. The maximum absolute atomic E-state index is 11.8. The SMILES string of the molecule is Cc1ccc(C)c(CCNC(=O)C(C#N)C(C)C)c1. The lowest BCUT2D eigenvalue weighted by Crippen LogP contribution is -2.34. The maximum atomic E-state index is 11.8. The summed E-state index contributed by atoms with van der Waals surface area (Å²) in [5, 5.41) is 11.8. The van der Waals surface area contributed by atoms with Gasteiger partial charge in [0.1, 0.15) is 5.92 Å². The van der Waals surface area contributed by atoms with Crippen LogP contribution in [0.4, 0.5) is 0 Å². The van der Waals surface area contributed by atoms with Gasteiger partial charge in [-0.15, -0.1) is 0 Å². The number of aryl methyl sites for hydroxylation is 2. The summed E-state index contributed by atoms with van der Waals surface area (Å²) in [6.07, 6.45) is 0.801. The van der Waals surface area contributed by atoms with Crippen molar-refractivity contribution in [1.29, 1.82) is 5.26 Å². The first-order valence-corrected chi connectivity index (χ1v) is 6.69. The molecule has 0 saturated carbocycles. The lowest BCUT2D eigenvalue weighted by Gasteiger charge is -2.13. The predicted octanol–water partition coefficient (Wildman–Crippen LogP) is 2.76. The lowest BCUT2D eigenvalue weighted by atomic mass is 9.96. The fourth-order valence-electron chi connectivity index (χ4n) is 2.01. The molecule has 102 valence electrons. The van der Waals surface area contributed by atoms with Crippen LogP contribution in [0.1, 0.15) is 30.5 Å². The van der Waals surface area contributed by atoms with Gasteiger partial charge in [-0.2, -0.15) is 5.26 Å². The van der Waals surface area contributed by atoms with Crippen molar-refractivity contribution in [1.82, 2.24) is 5.32 Å². The van der Waals surface area contributed by atoms with Crippen molar-refractivity contribution >= 4 is 5.91 Å². The largest absolute Gasteiger partial charge is 0.355 e. The highest BCUT2D eigenvalue weighted by Crippen LogP contribution is 2.12. The molecule has 19 heavy (non-hydrogen) atoms. The van der Waals surface area contributed by atoms with E-state index in [-0.39, 0.29) is 11.8 Å². The van der Waals surface area contributed by atoms with Crippen LogP contribution in [0, 0.1) is 37.0 Å². The summed E-state index contributed by atoms with van der Waals surface area (Å²) in [5.74, 6) is -0.674. The van der Waals surface area contributed by atoms with Gasteiger partial charge in [0, 0.05) is 6.54 Å². The van der Waals surface area contributed by atoms with Crippen LogP contribution in [0.5, 0.6) is 0 Å². The number of nitrogens with zero attached hydrogens (tertiary/aromatic N) is 1. The number of nitrogens with one attached hydrogen (secondary N) is 1. The molecule has 1 atom stereocenters. The number of carbonyl (C=O) groups excluding carboxylic acids is 1. The summed E-state index contributed by atoms with van der Waals surface area (Å²) in [7, 11) is 0. The van der Waals surface area contributed by atoms with Gasteiger partial charge in [-0.3, -0.25) is 4.79 Å². The Morgan fingerprint density at radius 1 is 1.37 bits per heavy atom. The van der Waals surface area contributed by atoms with Gasteiger partial charge in [0.25, 0.3) is 0 Å². The van der Waals surface area contributed by atoms with E-state index in [0.29, 0.717) is 6.54 Å². The Morgan fingerprint density at radius 2 is 2.05 bits per heavy atom. The molecule has 1 amide bonds. The second-order valence-electron chi connectivity index (χ2n) is 5.32. The first kappa shape index (κ1) is 15.2. The molecule has 1 rings (SSSR count). The monoisotopic (exact) mass is 258 g/mol. The average molecular weight is 258 g/mol. The second kappa shape index (κ2) is 6.94. The number of benzene rings is 1. The molecule has 0 heterocycles. The summed E-state index contributed by atoms with van der Waals surface area (Å²) in [5.41, 5.74) is 3.71. The number of hydrogen-bond acceptors (Lipinski definition) is 2. The van der Waals surface area contributed by atoms with Crippen LogP contribution in [0.2, 0.25) is 0 Å². The van der Waals surface area contributed by atoms with Gasteiger partial charge in [-0.05, 0) is 37.3 Å². The molecular weight excluding hydrogens is 236 g/mol. The number of rotatable bonds is 5. The molecule has 0 saturated heterocycles. The Morgan fingerprint density at radius 3 is 2.63 bits per heavy atom. The van der Waals surface area contributed by atoms with Crippen molar-refractivity contribution in [3.8, 4) is 6.07 Å². The first-order chi connectivity index (χ1) is 8.95. The molecule has 1 unspecified atom stereocenters. The van der Waals surface area contributed by atoms with Crippen LogP contribution in [0.25, 0.3) is 0 Å². The van der Waals surface area contributed by atoms with Crippen LogP contribution < -0.4 is 5.32 Å². The third kappa shape index (κ3) is 4.40. The minimum atomic E-state index is -0.557. The third-order valence-electron chi connectivity index (χ3n) is 3.29. The van der Waals surface area contributed by atoms with Gasteiger partial charge in [0.2, 0.25) is 5.91 Å². The van der Waals surface area contributed by atoms with E-state index in [1.807, 2.05) is 13.8 Å². The van der Waals surface area contributed by atoms with E-state index in [9.17, 15) is 4.79 Å². The quantitative estimate of drug-likeness (QED) is 0.883. The number of amides is 1. The fraction of sp³-hybridized carbons (Fsp3) is 0.500. The summed E-state index contributed by atoms with van der Waals surface area (Å²) in [4.78, 5) is 11.8. The summed E-state index contributed by atoms with van der Waals surface area (Å²) in [6.45, 7) is 8.49. The van der Waals surface area contributed by atoms with Crippen LogP contribution in [-0.4, -0.2) is 12.5 Å². The molecule has 3 heteroatoms. The molecule has 0 aliphatic heterocycles. The van der Waals surface area contributed by atoms with Crippen molar-refractivity contribution in [2.24, 2.45) is 11.8 Å². The normalized spacial score (nSPS) is 12.0. The van der Waals surface area contributed by atoms with E-state index in [4.69, 9.17) is 5.26 Å². The third-order valence-corrected chi connectivity index (χ3v) is 3.29. The highest BCUT2D eigenvalue weighted by Gasteiger charge is 2.20. The molecule has 1 aromatic carbocycles. The molecule has 0 radical (unpaired) electrons. The van der Waals surface area contributed by atoms with Gasteiger partial charge >= 0.3 is 0 Å². The van der Waals surface area contributed by atoms with Crippen LogP contribution in [-0.2, 0) is 11.2 Å². The van der Waals surface area contributed by atoms with E-state index < -0.39 is 5.92 Å². The molecule has 3 nitrogen and oxygen atoms in total. The molecule has 0 fully saturated rings. The zero-order chi connectivity index (χ0) is 14.4. The number of hydrogen-bond donors (Lipinski definition) is 1. The smallest absolute Gasteiger partial charge is 0.237 e. The van der Waals surface area contributed by atoms with Crippen LogP contribution in [0.3, 0.4) is 0 Å². The minimum Gasteiger partial charge on any atom is -0.355 e. The van der Waals surface area contributed by atoms with Gasteiger partial charge in [0.05, 0.1) is 6.07 Å². The van der Waals surface area contributed by atoms with Crippen molar-refractivity contribution in [2.75, 3.05) is 6.54 Å². The van der Waals surface area contributed by atoms with E-state index in [1.54, 1.807) is 0 Å². The van der Waals surface area contributed by atoms with Crippen molar-refractivity contribution in [2.45, 2.75) is 34.1 Å². The highest BCUT2D eigenvalue weighted by atomic mass is 16.1. The van der Waals surface area contributed by atoms with E-state index in [0.717, 1.165) is 6.42 Å². The summed E-state index contributed by atoms with van der Waals surface area (Å²) in [6, 6.07) is 8.38. The molecule has 1 N–H and O–H groups in total. The van der Waals surface area contributed by atoms with E-state index >= 15 is 0 Å². The number of carbonyl (C=O) groups is 1. The highest BCUT2D eigenvalue weighted by molar-refractivity contribution is 5.81. The molecule has 1 aromatic rings. The average Bonchev–Trinajstić information content (AvgIpc) is 2.34. The molecule has 0 spiro atoms. The zero-order valence-electron chi connectivity index (χ0n) is 12.2. The zero-order valence-corrected chi connectivity index (χ0v) is 12.2. The molecule has 0 bridgehead atoms. The second-order valence-corrected chi connectivity index (χ2v) is 5.32. The standard InChI is InChI=1S/C16H22N2O/c1-11(2)15(10-17)16(19)18-8-7-14-9-12(3)5-6-13(14)4/h5-6,9,11,15H,7-8H2,1-4H3,(H,18,19). The van der Waals surface area contributed by atoms with Crippen molar-refractivity contribution in [3.05, 3.63) is 34.9 Å². The van der Waals surface area contributed by atoms with Crippen LogP contribution in [0.15, 0.2) is 18.2 Å². The Bertz CT molecular complexity index is 486. The fourth-order valence-corrected chi connectivity index (χ4v) is 2.01. The molecule has 0 aromatic heterocycles. The Labute approximate surface area is 115 Å². The summed E-state index contributed by atoms with van der Waals surface area (Å²) < 4.78 is 0. The van der Waals surface area contributed by atoms with Gasteiger partial charge < -0.3 is 5.32 Å². The molecule has 0 aliphatic carbocycles. The van der Waals surface area contributed by atoms with Crippen LogP contribution >= 0.6 is 0 Å². The predicted molar refractivity (Wildman–Crippen MR) is 76.6 cm³/mol. The molecular formula is C16H22N2O. The summed E-state index contributed by atoms with van der Waals surface area (Å²) >= 11 is 0. The number of nitriles is 1. The van der Waals surface area contributed by atoms with Gasteiger partial charge in [0.15, 0.2) is 0 Å². The first-order valence-electron chi connectivity index (χ1n) is 6.69. The van der Waals surface area contributed by atoms with Crippen molar-refractivity contribution in [3.63, 3.8) is 0 Å². The van der Waals surface area contributed by atoms with E-state index in [2.05, 4.69) is 43.4 Å². The Balaban J connectivity index is 2.53. The minimum absolute atomic E-state index is 0.0469. The lowest BCUT2D eigenvalue weighted by molar-refractivity contribution is -0.124. The maximum Gasteiger partial charge on any atom is 0.237 e. The van der Waals surface area contributed by atoms with E-state index in [1.165, 1.54) is 16.7 Å². The Kier molecular flexibility index (Phi) is 5.57. The topological polar surface area (TPSA) is 52.9 Å².